The Balaban J connectivity index is 2.16. The van der Waals surface area contributed by atoms with Crippen LogP contribution in [0.2, 0.25) is 0 Å². The van der Waals surface area contributed by atoms with E-state index in [1.54, 1.807) is 0 Å². The standard InChI is InChI=1S/C14H24O12/c1-5(17)23-3-7-8(18)10(20)11(21)13(24-7)26-14(4-16)12(22)9(19)6(2-15)25-14/h6-13,15-16,18-22H,2-4H2,1H3/t6-,7?,8-,9?,10?,11?,12?,13+,14+/m1/s1. The molecule has 26 heavy (non-hydrogen) atoms. The maximum absolute atomic E-state index is 10.9. The van der Waals surface area contributed by atoms with Crippen LogP contribution in [-0.4, -0.2) is 116 Å². The third kappa shape index (κ3) is 3.99. The lowest BCUT2D eigenvalue weighted by molar-refractivity contribution is -0.383. The Hall–Kier alpha value is -0.930. The molecule has 9 atom stereocenters. The first-order chi connectivity index (χ1) is 12.2. The summed E-state index contributed by atoms with van der Waals surface area (Å²) in [6.07, 6.45) is -12.9. The van der Waals surface area contributed by atoms with Crippen molar-refractivity contribution in [3.05, 3.63) is 0 Å². The van der Waals surface area contributed by atoms with E-state index >= 15 is 0 Å². The van der Waals surface area contributed by atoms with E-state index in [0.717, 1.165) is 6.92 Å². The van der Waals surface area contributed by atoms with Crippen LogP contribution in [0.1, 0.15) is 6.92 Å². The van der Waals surface area contributed by atoms with E-state index in [0.29, 0.717) is 0 Å². The van der Waals surface area contributed by atoms with Gasteiger partial charge in [0.1, 0.15) is 55.9 Å². The number of aliphatic hydroxyl groups excluding tert-OH is 7. The Labute approximate surface area is 148 Å². The summed E-state index contributed by atoms with van der Waals surface area (Å²) in [7, 11) is 0. The van der Waals surface area contributed by atoms with Gasteiger partial charge < -0.3 is 54.7 Å². The van der Waals surface area contributed by atoms with Gasteiger partial charge >= 0.3 is 5.97 Å². The molecule has 0 aliphatic carbocycles. The van der Waals surface area contributed by atoms with Crippen LogP contribution in [0.4, 0.5) is 0 Å². The fourth-order valence-corrected chi connectivity index (χ4v) is 2.82. The smallest absolute Gasteiger partial charge is 0.302 e. The fraction of sp³-hybridized carbons (Fsp3) is 0.929. The molecule has 2 saturated heterocycles. The number of hydrogen-bond donors (Lipinski definition) is 7. The van der Waals surface area contributed by atoms with E-state index < -0.39 is 80.6 Å². The average Bonchev–Trinajstić information content (AvgIpc) is 2.86. The molecule has 12 heteroatoms. The van der Waals surface area contributed by atoms with Crippen LogP contribution in [0.3, 0.4) is 0 Å². The molecular weight excluding hydrogens is 360 g/mol. The number of aliphatic hydroxyl groups is 7. The zero-order valence-electron chi connectivity index (χ0n) is 13.9. The highest BCUT2D eigenvalue weighted by atomic mass is 16.8. The summed E-state index contributed by atoms with van der Waals surface area (Å²) in [5.74, 6) is -2.93. The summed E-state index contributed by atoms with van der Waals surface area (Å²) in [6, 6.07) is 0. The van der Waals surface area contributed by atoms with Gasteiger partial charge in [0.15, 0.2) is 6.29 Å². The van der Waals surface area contributed by atoms with Gasteiger partial charge in [-0.3, -0.25) is 4.79 Å². The minimum atomic E-state index is -2.26. The molecule has 12 nitrogen and oxygen atoms in total. The van der Waals surface area contributed by atoms with Crippen molar-refractivity contribution in [2.24, 2.45) is 0 Å². The number of esters is 1. The van der Waals surface area contributed by atoms with Crippen LogP contribution < -0.4 is 0 Å². The summed E-state index contributed by atoms with van der Waals surface area (Å²) in [5, 5.41) is 68.6. The molecule has 0 aromatic carbocycles. The molecule has 2 aliphatic heterocycles. The van der Waals surface area contributed by atoms with Gasteiger partial charge in [0.25, 0.3) is 0 Å². The lowest BCUT2D eigenvalue weighted by atomic mass is 9.99. The van der Waals surface area contributed by atoms with E-state index in [1.807, 2.05) is 0 Å². The van der Waals surface area contributed by atoms with Gasteiger partial charge in [-0.05, 0) is 0 Å². The average molecular weight is 384 g/mol. The first-order valence-electron chi connectivity index (χ1n) is 7.93. The number of carbonyl (C=O) groups is 1. The minimum Gasteiger partial charge on any atom is -0.463 e. The summed E-state index contributed by atoms with van der Waals surface area (Å²) in [6.45, 7) is -1.01. The van der Waals surface area contributed by atoms with Crippen molar-refractivity contribution >= 4 is 5.97 Å². The third-order valence-electron chi connectivity index (χ3n) is 4.34. The SMILES string of the molecule is CC(=O)OCC1O[C@@H](O[C@]2(CO)O[C@H](CO)C(O)C2O)C(O)C(O)[C@@H]1O. The van der Waals surface area contributed by atoms with E-state index in [4.69, 9.17) is 24.1 Å². The van der Waals surface area contributed by atoms with Crippen molar-refractivity contribution in [2.45, 2.75) is 61.7 Å². The summed E-state index contributed by atoms with van der Waals surface area (Å²) in [4.78, 5) is 10.9. The van der Waals surface area contributed by atoms with Crippen molar-refractivity contribution in [1.29, 1.82) is 0 Å². The van der Waals surface area contributed by atoms with E-state index in [9.17, 15) is 35.4 Å². The van der Waals surface area contributed by atoms with Crippen molar-refractivity contribution in [1.82, 2.24) is 0 Å². The maximum Gasteiger partial charge on any atom is 0.302 e. The molecule has 0 aromatic heterocycles. The Morgan fingerprint density at radius 2 is 1.65 bits per heavy atom. The Morgan fingerprint density at radius 3 is 2.15 bits per heavy atom. The molecule has 0 spiro atoms. The van der Waals surface area contributed by atoms with Gasteiger partial charge in [-0.15, -0.1) is 0 Å². The van der Waals surface area contributed by atoms with Gasteiger partial charge in [-0.2, -0.15) is 0 Å². The predicted molar refractivity (Wildman–Crippen MR) is 78.2 cm³/mol. The van der Waals surface area contributed by atoms with Crippen molar-refractivity contribution in [3.8, 4) is 0 Å². The largest absolute Gasteiger partial charge is 0.463 e. The van der Waals surface area contributed by atoms with Crippen LogP contribution >= 0.6 is 0 Å². The van der Waals surface area contributed by atoms with E-state index in [1.165, 1.54) is 0 Å². The summed E-state index contributed by atoms with van der Waals surface area (Å²) in [5.41, 5.74) is 0. The molecule has 2 aliphatic rings. The van der Waals surface area contributed by atoms with Crippen molar-refractivity contribution in [3.63, 3.8) is 0 Å². The second kappa shape index (κ2) is 8.39. The van der Waals surface area contributed by atoms with Gasteiger partial charge in [0.2, 0.25) is 5.79 Å². The molecule has 0 radical (unpaired) electrons. The predicted octanol–water partition coefficient (Wildman–Crippen LogP) is -4.82. The van der Waals surface area contributed by atoms with Gasteiger partial charge in [0.05, 0.1) is 6.61 Å². The van der Waals surface area contributed by atoms with Gasteiger partial charge in [-0.25, -0.2) is 0 Å². The molecule has 5 unspecified atom stereocenters. The number of ether oxygens (including phenoxy) is 4. The van der Waals surface area contributed by atoms with Crippen LogP contribution in [0.25, 0.3) is 0 Å². The van der Waals surface area contributed by atoms with Crippen molar-refractivity contribution in [2.75, 3.05) is 19.8 Å². The summed E-state index contributed by atoms with van der Waals surface area (Å²) < 4.78 is 20.4. The Bertz CT molecular complexity index is 489. The quantitative estimate of drug-likeness (QED) is 0.216. The normalized spacial score (nSPS) is 46.3. The van der Waals surface area contributed by atoms with E-state index in [-0.39, 0.29) is 0 Å². The first-order valence-corrected chi connectivity index (χ1v) is 7.93. The molecular formula is C14H24O12. The molecule has 2 heterocycles. The highest BCUT2D eigenvalue weighted by Gasteiger charge is 2.58. The molecule has 2 rings (SSSR count). The number of carbonyl (C=O) groups excluding carboxylic acids is 1. The molecule has 0 amide bonds. The molecule has 2 fully saturated rings. The number of hydrogen-bond acceptors (Lipinski definition) is 12. The van der Waals surface area contributed by atoms with Crippen LogP contribution in [0.15, 0.2) is 0 Å². The second-order valence-electron chi connectivity index (χ2n) is 6.18. The molecule has 7 N–H and O–H groups in total. The monoisotopic (exact) mass is 384 g/mol. The van der Waals surface area contributed by atoms with Gasteiger partial charge in [0, 0.05) is 6.92 Å². The zero-order chi connectivity index (χ0) is 19.6. The fourth-order valence-electron chi connectivity index (χ4n) is 2.82. The van der Waals surface area contributed by atoms with Crippen LogP contribution in [0.5, 0.6) is 0 Å². The number of rotatable bonds is 6. The first kappa shape index (κ1) is 21.4. The Kier molecular flexibility index (Phi) is 6.90. The second-order valence-corrected chi connectivity index (χ2v) is 6.18. The molecule has 0 saturated carbocycles. The third-order valence-corrected chi connectivity index (χ3v) is 4.34. The minimum absolute atomic E-state index is 0.461. The molecule has 0 aromatic rings. The van der Waals surface area contributed by atoms with Crippen LogP contribution in [-0.2, 0) is 23.7 Å². The highest BCUT2D eigenvalue weighted by Crippen LogP contribution is 2.35. The van der Waals surface area contributed by atoms with E-state index in [2.05, 4.69) is 0 Å². The topological polar surface area (TPSA) is 196 Å². The lowest BCUT2D eigenvalue weighted by Gasteiger charge is -2.43. The summed E-state index contributed by atoms with van der Waals surface area (Å²) >= 11 is 0. The highest BCUT2D eigenvalue weighted by molar-refractivity contribution is 5.65. The van der Waals surface area contributed by atoms with Crippen LogP contribution in [0, 0.1) is 0 Å². The lowest BCUT2D eigenvalue weighted by Crippen LogP contribution is -2.62. The van der Waals surface area contributed by atoms with Gasteiger partial charge in [-0.1, -0.05) is 0 Å². The zero-order valence-corrected chi connectivity index (χ0v) is 13.9. The maximum atomic E-state index is 10.9. The molecule has 152 valence electrons. The molecule has 0 bridgehead atoms. The Morgan fingerprint density at radius 1 is 1.00 bits per heavy atom. The van der Waals surface area contributed by atoms with Crippen molar-refractivity contribution < 1.29 is 59.5 Å².